The minimum Gasteiger partial charge on any atom is -0.374 e. The monoisotopic (exact) mass is 218 g/mol. The van der Waals surface area contributed by atoms with Crippen molar-refractivity contribution in [2.24, 2.45) is 0 Å². The molecule has 4 atom stereocenters. The van der Waals surface area contributed by atoms with E-state index in [2.05, 4.69) is 6.92 Å². The molecule has 0 aromatic heterocycles. The van der Waals surface area contributed by atoms with E-state index >= 15 is 0 Å². The van der Waals surface area contributed by atoms with Gasteiger partial charge in [0.05, 0.1) is 11.4 Å². The van der Waals surface area contributed by atoms with Crippen LogP contribution >= 0.6 is 11.8 Å². The van der Waals surface area contributed by atoms with Gasteiger partial charge in [-0.3, -0.25) is 0 Å². The van der Waals surface area contributed by atoms with Gasteiger partial charge in [-0.15, -0.1) is 11.8 Å². The van der Waals surface area contributed by atoms with Gasteiger partial charge in [-0.05, 0) is 6.42 Å². The zero-order chi connectivity index (χ0) is 9.97. The number of unbranched alkanes of at least 4 members (excludes halogenated alkanes) is 1. The summed E-state index contributed by atoms with van der Waals surface area (Å²) in [7, 11) is 1.70. The number of fused-ring (bicyclic) bond motifs is 2. The van der Waals surface area contributed by atoms with E-state index in [9.17, 15) is 0 Å². The summed E-state index contributed by atoms with van der Waals surface area (Å²) >= 11 is 1.92. The lowest BCUT2D eigenvalue weighted by Gasteiger charge is -2.19. The minimum absolute atomic E-state index is 0.0506. The summed E-state index contributed by atoms with van der Waals surface area (Å²) in [5.74, 6) is 1.06. The molecular formula is C10H18O3S. The molecule has 0 saturated carbocycles. The molecule has 2 fully saturated rings. The second-order valence-corrected chi connectivity index (χ2v) is 4.98. The van der Waals surface area contributed by atoms with E-state index in [1.54, 1.807) is 7.11 Å². The van der Waals surface area contributed by atoms with Crippen molar-refractivity contribution in [3.63, 3.8) is 0 Å². The van der Waals surface area contributed by atoms with Gasteiger partial charge in [0.25, 0.3) is 0 Å². The van der Waals surface area contributed by atoms with Gasteiger partial charge in [-0.1, -0.05) is 13.3 Å². The summed E-state index contributed by atoms with van der Waals surface area (Å²) in [6, 6.07) is 0. The smallest absolute Gasteiger partial charge is 0.172 e. The van der Waals surface area contributed by atoms with Crippen LogP contribution in [0.1, 0.15) is 19.8 Å². The highest BCUT2D eigenvalue weighted by Crippen LogP contribution is 2.42. The number of ether oxygens (including phenoxy) is 3. The third kappa shape index (κ3) is 1.94. The van der Waals surface area contributed by atoms with Crippen LogP contribution in [0.4, 0.5) is 0 Å². The van der Waals surface area contributed by atoms with Crippen LogP contribution < -0.4 is 0 Å². The van der Waals surface area contributed by atoms with Crippen LogP contribution in [-0.4, -0.2) is 43.2 Å². The highest BCUT2D eigenvalue weighted by Gasteiger charge is 2.51. The third-order valence-corrected chi connectivity index (χ3v) is 4.16. The van der Waals surface area contributed by atoms with Crippen LogP contribution in [0.3, 0.4) is 0 Å². The maximum absolute atomic E-state index is 5.84. The van der Waals surface area contributed by atoms with Gasteiger partial charge >= 0.3 is 0 Å². The topological polar surface area (TPSA) is 27.7 Å². The number of rotatable bonds is 5. The van der Waals surface area contributed by atoms with Crippen LogP contribution in [0.2, 0.25) is 0 Å². The molecule has 0 spiro atoms. The lowest BCUT2D eigenvalue weighted by molar-refractivity contribution is -0.114. The molecule has 0 aromatic rings. The van der Waals surface area contributed by atoms with Crippen LogP contribution in [0.25, 0.3) is 0 Å². The number of thioether (sulfide) groups is 1. The second-order valence-electron chi connectivity index (χ2n) is 3.77. The molecule has 0 amide bonds. The normalized spacial score (nSPS) is 40.7. The van der Waals surface area contributed by atoms with E-state index < -0.39 is 0 Å². The van der Waals surface area contributed by atoms with Gasteiger partial charge in [-0.2, -0.15) is 0 Å². The molecule has 2 aliphatic rings. The summed E-state index contributed by atoms with van der Waals surface area (Å²) in [5, 5.41) is 0.391. The summed E-state index contributed by atoms with van der Waals surface area (Å²) < 4.78 is 16.8. The van der Waals surface area contributed by atoms with E-state index in [-0.39, 0.29) is 18.5 Å². The average Bonchev–Trinajstić information content (AvgIpc) is 2.75. The van der Waals surface area contributed by atoms with Crippen molar-refractivity contribution in [1.82, 2.24) is 0 Å². The Balaban J connectivity index is 1.82. The Morgan fingerprint density at radius 3 is 3.00 bits per heavy atom. The van der Waals surface area contributed by atoms with Gasteiger partial charge in [0.2, 0.25) is 0 Å². The number of hydrogen-bond donors (Lipinski definition) is 0. The molecule has 2 heterocycles. The van der Waals surface area contributed by atoms with E-state index in [4.69, 9.17) is 14.2 Å². The average molecular weight is 218 g/mol. The Morgan fingerprint density at radius 2 is 2.36 bits per heavy atom. The Kier molecular flexibility index (Phi) is 3.71. The van der Waals surface area contributed by atoms with E-state index in [0.717, 1.165) is 18.8 Å². The lowest BCUT2D eigenvalue weighted by atomic mass is 10.2. The van der Waals surface area contributed by atoms with Crippen molar-refractivity contribution in [1.29, 1.82) is 0 Å². The molecule has 82 valence electrons. The molecule has 0 aliphatic carbocycles. The summed E-state index contributed by atoms with van der Waals surface area (Å²) in [5.41, 5.74) is 0. The number of hydrogen-bond acceptors (Lipinski definition) is 4. The maximum Gasteiger partial charge on any atom is 0.172 e. The summed E-state index contributed by atoms with van der Waals surface area (Å²) in [4.78, 5) is 0. The molecule has 3 nitrogen and oxygen atoms in total. The molecule has 2 aliphatic heterocycles. The standard InChI is InChI=1S/C10H18O3S/c1-3-4-5-12-8-7-6-14-9(8)10(11-2)13-7/h7-10H,3-6H2,1-2H3/t7-,8?,9?,10-/m1/s1. The zero-order valence-electron chi connectivity index (χ0n) is 8.77. The fourth-order valence-electron chi connectivity index (χ4n) is 1.96. The fraction of sp³-hybridized carbons (Fsp3) is 1.00. The Labute approximate surface area is 89.5 Å². The SMILES string of the molecule is CCCCOC1C2SC[C@H]1O[C@H]2OC. The third-order valence-electron chi connectivity index (χ3n) is 2.76. The predicted molar refractivity (Wildman–Crippen MR) is 56.6 cm³/mol. The number of methoxy groups -OCH3 is 1. The molecule has 0 N–H and O–H groups in total. The first-order valence-corrected chi connectivity index (χ1v) is 6.33. The molecule has 14 heavy (non-hydrogen) atoms. The first-order valence-electron chi connectivity index (χ1n) is 5.28. The van der Waals surface area contributed by atoms with Gasteiger partial charge in [0.15, 0.2) is 6.29 Å². The Morgan fingerprint density at radius 1 is 1.50 bits per heavy atom. The van der Waals surface area contributed by atoms with Crippen molar-refractivity contribution in [3.8, 4) is 0 Å². The predicted octanol–water partition coefficient (Wildman–Crippen LogP) is 1.66. The molecule has 2 rings (SSSR count). The van der Waals surface area contributed by atoms with Gasteiger partial charge in [0, 0.05) is 19.5 Å². The highest BCUT2D eigenvalue weighted by molar-refractivity contribution is 8.00. The van der Waals surface area contributed by atoms with Crippen molar-refractivity contribution in [3.05, 3.63) is 0 Å². The van der Waals surface area contributed by atoms with Crippen molar-refractivity contribution >= 4 is 11.8 Å². The fourth-order valence-corrected chi connectivity index (χ4v) is 3.42. The first-order chi connectivity index (χ1) is 6.86. The molecular weight excluding hydrogens is 200 g/mol. The molecule has 2 saturated heterocycles. The van der Waals surface area contributed by atoms with E-state index in [0.29, 0.717) is 5.25 Å². The van der Waals surface area contributed by atoms with Gasteiger partial charge < -0.3 is 14.2 Å². The lowest BCUT2D eigenvalue weighted by Crippen LogP contribution is -2.28. The maximum atomic E-state index is 5.84. The van der Waals surface area contributed by atoms with Gasteiger partial charge in [0.1, 0.15) is 6.10 Å². The van der Waals surface area contributed by atoms with Crippen LogP contribution in [0.15, 0.2) is 0 Å². The Hall–Kier alpha value is 0.230. The quantitative estimate of drug-likeness (QED) is 0.656. The van der Waals surface area contributed by atoms with Crippen LogP contribution in [-0.2, 0) is 14.2 Å². The Bertz CT molecular complexity index is 188. The van der Waals surface area contributed by atoms with Gasteiger partial charge in [-0.25, -0.2) is 0 Å². The summed E-state index contributed by atoms with van der Waals surface area (Å²) in [6.45, 7) is 3.03. The van der Waals surface area contributed by atoms with E-state index in [1.165, 1.54) is 6.42 Å². The van der Waals surface area contributed by atoms with Crippen molar-refractivity contribution in [2.45, 2.75) is 43.5 Å². The minimum atomic E-state index is -0.0506. The largest absolute Gasteiger partial charge is 0.374 e. The molecule has 4 heteroatoms. The zero-order valence-corrected chi connectivity index (χ0v) is 9.59. The molecule has 0 aromatic carbocycles. The van der Waals surface area contributed by atoms with Crippen LogP contribution in [0, 0.1) is 0 Å². The molecule has 0 radical (unpaired) electrons. The van der Waals surface area contributed by atoms with Crippen molar-refractivity contribution in [2.75, 3.05) is 19.5 Å². The molecule has 2 bridgehead atoms. The van der Waals surface area contributed by atoms with Crippen molar-refractivity contribution < 1.29 is 14.2 Å². The van der Waals surface area contributed by atoms with E-state index in [1.807, 2.05) is 11.8 Å². The van der Waals surface area contributed by atoms with Crippen LogP contribution in [0.5, 0.6) is 0 Å². The second kappa shape index (κ2) is 4.84. The first kappa shape index (κ1) is 10.7. The molecule has 2 unspecified atom stereocenters. The highest BCUT2D eigenvalue weighted by atomic mass is 32.2. The summed E-state index contributed by atoms with van der Waals surface area (Å²) in [6.07, 6.45) is 2.79.